The first-order valence-corrected chi connectivity index (χ1v) is 10.9. The average Bonchev–Trinajstić information content (AvgIpc) is 3.13. The van der Waals surface area contributed by atoms with Crippen LogP contribution in [0.15, 0.2) is 72.3 Å². The molecule has 1 N–H and O–H groups in total. The van der Waals surface area contributed by atoms with Crippen LogP contribution >= 0.6 is 0 Å². The van der Waals surface area contributed by atoms with Crippen LogP contribution in [0.4, 0.5) is 5.69 Å². The van der Waals surface area contributed by atoms with E-state index in [1.54, 1.807) is 42.5 Å². The van der Waals surface area contributed by atoms with Gasteiger partial charge in [-0.1, -0.05) is 36.4 Å². The van der Waals surface area contributed by atoms with Crippen LogP contribution in [0.25, 0.3) is 5.76 Å². The van der Waals surface area contributed by atoms with Gasteiger partial charge in [-0.2, -0.15) is 0 Å². The van der Waals surface area contributed by atoms with Gasteiger partial charge in [-0.05, 0) is 42.8 Å². The Bertz CT molecular complexity index is 1330. The number of aryl methyl sites for hydroxylation is 1. The van der Waals surface area contributed by atoms with Crippen LogP contribution in [0, 0.1) is 6.92 Å². The van der Waals surface area contributed by atoms with Gasteiger partial charge < -0.3 is 19.3 Å². The van der Waals surface area contributed by atoms with Crippen LogP contribution in [-0.4, -0.2) is 37.1 Å². The van der Waals surface area contributed by atoms with Gasteiger partial charge in [-0.25, -0.2) is 0 Å². The van der Waals surface area contributed by atoms with E-state index < -0.39 is 17.7 Å². The van der Waals surface area contributed by atoms with E-state index in [0.29, 0.717) is 47.3 Å². The summed E-state index contributed by atoms with van der Waals surface area (Å²) < 4.78 is 16.8. The third kappa shape index (κ3) is 3.46. The number of nitrogens with zero attached hydrogens (tertiary/aromatic N) is 1. The van der Waals surface area contributed by atoms with Gasteiger partial charge in [-0.15, -0.1) is 0 Å². The zero-order valence-electron chi connectivity index (χ0n) is 18.8. The second-order valence-electron chi connectivity index (χ2n) is 8.06. The average molecular weight is 457 g/mol. The van der Waals surface area contributed by atoms with Crippen molar-refractivity contribution in [3.63, 3.8) is 0 Å². The predicted octanol–water partition coefficient (Wildman–Crippen LogP) is 4.40. The molecule has 2 aliphatic rings. The molecule has 0 aliphatic carbocycles. The summed E-state index contributed by atoms with van der Waals surface area (Å²) >= 11 is 0. The number of aliphatic hydroxyl groups excluding tert-OH is 1. The lowest BCUT2D eigenvalue weighted by Gasteiger charge is -2.28. The van der Waals surface area contributed by atoms with E-state index >= 15 is 0 Å². The van der Waals surface area contributed by atoms with Gasteiger partial charge in [0, 0.05) is 16.8 Å². The quantitative estimate of drug-likeness (QED) is 0.355. The van der Waals surface area contributed by atoms with Gasteiger partial charge in [0.25, 0.3) is 11.7 Å². The van der Waals surface area contributed by atoms with Gasteiger partial charge >= 0.3 is 0 Å². The maximum absolute atomic E-state index is 13.4. The highest BCUT2D eigenvalue weighted by Crippen LogP contribution is 2.46. The van der Waals surface area contributed by atoms with Crippen molar-refractivity contribution in [2.45, 2.75) is 13.0 Å². The largest absolute Gasteiger partial charge is 0.507 e. The zero-order chi connectivity index (χ0) is 23.8. The standard InChI is InChI=1S/C27H23NO6/c1-16-7-3-5-9-19(16)28-24(18-8-4-6-10-20(18)32-2)23(26(30)27(28)31)25(29)17-11-12-21-22(15-17)34-14-13-33-21/h3-12,15,24,29H,13-14H2,1-2H3/b25-23+. The number of rotatable bonds is 4. The number of hydrogen-bond acceptors (Lipinski definition) is 6. The number of carbonyl (C=O) groups excluding carboxylic acids is 2. The monoisotopic (exact) mass is 457 g/mol. The minimum Gasteiger partial charge on any atom is -0.507 e. The lowest BCUT2D eigenvalue weighted by Crippen LogP contribution is -2.30. The Labute approximate surface area is 196 Å². The Kier molecular flexibility index (Phi) is 5.45. The molecule has 0 radical (unpaired) electrons. The number of Topliss-reactive ketones (excluding diaryl/α,β-unsaturated/α-hetero) is 1. The molecule has 3 aromatic carbocycles. The first-order valence-electron chi connectivity index (χ1n) is 10.9. The fraction of sp³-hybridized carbons (Fsp3) is 0.185. The molecule has 3 aromatic rings. The molecule has 0 aromatic heterocycles. The molecule has 1 amide bonds. The van der Waals surface area contributed by atoms with Crippen molar-refractivity contribution in [3.05, 3.63) is 89.0 Å². The zero-order valence-corrected chi connectivity index (χ0v) is 18.8. The normalized spacial score (nSPS) is 18.8. The van der Waals surface area contributed by atoms with E-state index in [2.05, 4.69) is 0 Å². The molecule has 1 saturated heterocycles. The highest BCUT2D eigenvalue weighted by atomic mass is 16.6. The first kappa shape index (κ1) is 21.6. The number of para-hydroxylation sites is 2. The number of aliphatic hydroxyl groups is 1. The van der Waals surface area contributed by atoms with Crippen LogP contribution in [0.1, 0.15) is 22.7 Å². The van der Waals surface area contributed by atoms with E-state index in [0.717, 1.165) is 5.56 Å². The minimum absolute atomic E-state index is 0.0190. The van der Waals surface area contributed by atoms with Crippen molar-refractivity contribution in [2.75, 3.05) is 25.2 Å². The lowest BCUT2D eigenvalue weighted by molar-refractivity contribution is -0.132. The summed E-state index contributed by atoms with van der Waals surface area (Å²) in [5.74, 6) is -0.249. The van der Waals surface area contributed by atoms with Crippen molar-refractivity contribution < 1.29 is 28.9 Å². The molecule has 2 heterocycles. The second-order valence-corrected chi connectivity index (χ2v) is 8.06. The fourth-order valence-corrected chi connectivity index (χ4v) is 4.45. The Morgan fingerprint density at radius 1 is 0.971 bits per heavy atom. The van der Waals surface area contributed by atoms with Gasteiger partial charge in [0.2, 0.25) is 0 Å². The number of ether oxygens (including phenoxy) is 3. The highest BCUT2D eigenvalue weighted by Gasteiger charge is 2.48. The molecule has 172 valence electrons. The summed E-state index contributed by atoms with van der Waals surface area (Å²) in [4.78, 5) is 28.2. The van der Waals surface area contributed by atoms with Crippen molar-refractivity contribution in [1.82, 2.24) is 0 Å². The molecule has 1 atom stereocenters. The topological polar surface area (TPSA) is 85.3 Å². The molecule has 1 fully saturated rings. The van der Waals surface area contributed by atoms with E-state index in [1.807, 2.05) is 31.2 Å². The van der Waals surface area contributed by atoms with Crippen molar-refractivity contribution in [1.29, 1.82) is 0 Å². The minimum atomic E-state index is -0.884. The van der Waals surface area contributed by atoms with Crippen LogP contribution in [-0.2, 0) is 9.59 Å². The Morgan fingerprint density at radius 3 is 2.44 bits per heavy atom. The number of benzene rings is 3. The van der Waals surface area contributed by atoms with Crippen LogP contribution < -0.4 is 19.1 Å². The van der Waals surface area contributed by atoms with Crippen LogP contribution in [0.2, 0.25) is 0 Å². The highest BCUT2D eigenvalue weighted by molar-refractivity contribution is 6.51. The van der Waals surface area contributed by atoms with E-state index in [4.69, 9.17) is 14.2 Å². The summed E-state index contributed by atoms with van der Waals surface area (Å²) in [6, 6.07) is 18.5. The molecular weight excluding hydrogens is 434 g/mol. The van der Waals surface area contributed by atoms with Crippen molar-refractivity contribution >= 4 is 23.1 Å². The second kappa shape index (κ2) is 8.59. The molecule has 34 heavy (non-hydrogen) atoms. The third-order valence-electron chi connectivity index (χ3n) is 6.07. The number of fused-ring (bicyclic) bond motifs is 1. The Hall–Kier alpha value is -4.26. The van der Waals surface area contributed by atoms with Crippen molar-refractivity contribution in [2.24, 2.45) is 0 Å². The molecule has 0 saturated carbocycles. The van der Waals surface area contributed by atoms with E-state index in [-0.39, 0.29) is 11.3 Å². The fourth-order valence-electron chi connectivity index (χ4n) is 4.45. The molecule has 5 rings (SSSR count). The first-order chi connectivity index (χ1) is 16.5. The number of anilines is 1. The summed E-state index contributed by atoms with van der Waals surface area (Å²) in [6.45, 7) is 2.69. The summed E-state index contributed by atoms with van der Waals surface area (Å²) in [5.41, 5.74) is 2.33. The number of ketones is 1. The SMILES string of the molecule is COc1ccccc1C1/C(=C(\O)c2ccc3c(c2)OCCO3)C(=O)C(=O)N1c1ccccc1C. The molecule has 0 bridgehead atoms. The molecule has 2 aliphatic heterocycles. The van der Waals surface area contributed by atoms with E-state index in [1.165, 1.54) is 12.0 Å². The smallest absolute Gasteiger partial charge is 0.300 e. The summed E-state index contributed by atoms with van der Waals surface area (Å²) in [7, 11) is 1.53. The van der Waals surface area contributed by atoms with Gasteiger partial charge in [0.05, 0.1) is 18.7 Å². The molecule has 1 unspecified atom stereocenters. The van der Waals surface area contributed by atoms with E-state index in [9.17, 15) is 14.7 Å². The Balaban J connectivity index is 1.74. The van der Waals surface area contributed by atoms with Crippen LogP contribution in [0.5, 0.6) is 17.2 Å². The maximum atomic E-state index is 13.4. The summed E-state index contributed by atoms with van der Waals surface area (Å²) in [5, 5.41) is 11.4. The van der Waals surface area contributed by atoms with Crippen molar-refractivity contribution in [3.8, 4) is 17.2 Å². The van der Waals surface area contributed by atoms with Gasteiger partial charge in [-0.3, -0.25) is 14.5 Å². The number of hydrogen-bond donors (Lipinski definition) is 1. The molecular formula is C27H23NO6. The van der Waals surface area contributed by atoms with Gasteiger partial charge in [0.1, 0.15) is 24.7 Å². The summed E-state index contributed by atoms with van der Waals surface area (Å²) in [6.07, 6.45) is 0. The predicted molar refractivity (Wildman–Crippen MR) is 126 cm³/mol. The molecule has 0 spiro atoms. The third-order valence-corrected chi connectivity index (χ3v) is 6.07. The lowest BCUT2D eigenvalue weighted by atomic mass is 9.94. The number of methoxy groups -OCH3 is 1. The molecule has 7 nitrogen and oxygen atoms in total. The van der Waals surface area contributed by atoms with Crippen LogP contribution in [0.3, 0.4) is 0 Å². The van der Waals surface area contributed by atoms with Gasteiger partial charge in [0.15, 0.2) is 11.5 Å². The number of amides is 1. The molecule has 7 heteroatoms. The Morgan fingerprint density at radius 2 is 1.68 bits per heavy atom. The number of carbonyl (C=O) groups is 2. The maximum Gasteiger partial charge on any atom is 0.300 e.